The first kappa shape index (κ1) is 19.4. The summed E-state index contributed by atoms with van der Waals surface area (Å²) in [7, 11) is 0. The predicted molar refractivity (Wildman–Crippen MR) is 113 cm³/mol. The molecule has 2 aromatic carbocycles. The number of aromatic nitrogens is 3. The van der Waals surface area contributed by atoms with Crippen LogP contribution in [0.3, 0.4) is 0 Å². The lowest BCUT2D eigenvalue weighted by molar-refractivity contribution is -0.147. The fourth-order valence-corrected chi connectivity index (χ4v) is 3.83. The van der Waals surface area contributed by atoms with E-state index < -0.39 is 11.4 Å². The lowest BCUT2D eigenvalue weighted by Gasteiger charge is -2.15. The first-order valence-electron chi connectivity index (χ1n) is 8.79. The molecule has 0 aliphatic carbocycles. The number of rotatable bonds is 6. The van der Waals surface area contributed by atoms with Gasteiger partial charge in [-0.1, -0.05) is 22.9 Å². The van der Waals surface area contributed by atoms with Gasteiger partial charge in [0.2, 0.25) is 11.8 Å². The van der Waals surface area contributed by atoms with Crippen molar-refractivity contribution in [3.05, 3.63) is 53.4 Å². The van der Waals surface area contributed by atoms with Crippen molar-refractivity contribution in [1.29, 1.82) is 0 Å². The van der Waals surface area contributed by atoms with Gasteiger partial charge in [0.1, 0.15) is 0 Å². The molecule has 0 aliphatic heterocycles. The monoisotopic (exact) mass is 428 g/mol. The van der Waals surface area contributed by atoms with Crippen LogP contribution in [0.25, 0.3) is 21.7 Å². The standard InChI is InChI=1S/C20H17ClN4O3S/c1-20(2,18(26)27)10-16-24-25-17(28-16)11-3-6-13(7-4-11)22-19-23-14-8-5-12(21)9-15(14)29-19/h3-9H,10H2,1-2H3,(H,22,23)(H,26,27). The number of hydrogen-bond acceptors (Lipinski definition) is 7. The normalized spacial score (nSPS) is 11.7. The van der Waals surface area contributed by atoms with Gasteiger partial charge < -0.3 is 14.8 Å². The number of aliphatic carboxylic acids is 1. The molecular formula is C20H17ClN4O3S. The maximum absolute atomic E-state index is 11.3. The first-order chi connectivity index (χ1) is 13.8. The summed E-state index contributed by atoms with van der Waals surface area (Å²) in [5.41, 5.74) is 1.53. The zero-order chi connectivity index (χ0) is 20.6. The SMILES string of the molecule is CC(C)(Cc1nnc(-c2ccc(Nc3nc4ccc(Cl)cc4s3)cc2)o1)C(=O)O. The number of anilines is 2. The van der Waals surface area contributed by atoms with Gasteiger partial charge in [-0.3, -0.25) is 4.79 Å². The molecule has 4 aromatic rings. The van der Waals surface area contributed by atoms with Gasteiger partial charge in [0.25, 0.3) is 0 Å². The van der Waals surface area contributed by atoms with E-state index in [0.29, 0.717) is 16.8 Å². The van der Waals surface area contributed by atoms with Crippen LogP contribution in [0.1, 0.15) is 19.7 Å². The van der Waals surface area contributed by atoms with Gasteiger partial charge in [-0.05, 0) is 56.3 Å². The first-order valence-corrected chi connectivity index (χ1v) is 9.99. The minimum atomic E-state index is -0.973. The Balaban J connectivity index is 1.48. The highest BCUT2D eigenvalue weighted by Crippen LogP contribution is 2.31. The van der Waals surface area contributed by atoms with Gasteiger partial charge in [0, 0.05) is 22.7 Å². The lowest BCUT2D eigenvalue weighted by atomic mass is 9.90. The van der Waals surface area contributed by atoms with Crippen LogP contribution in [-0.4, -0.2) is 26.3 Å². The summed E-state index contributed by atoms with van der Waals surface area (Å²) in [6, 6.07) is 13.1. The van der Waals surface area contributed by atoms with E-state index in [1.165, 1.54) is 11.3 Å². The van der Waals surface area contributed by atoms with E-state index in [9.17, 15) is 9.90 Å². The van der Waals surface area contributed by atoms with E-state index in [4.69, 9.17) is 16.0 Å². The average Bonchev–Trinajstić information content (AvgIpc) is 3.28. The van der Waals surface area contributed by atoms with Crippen molar-refractivity contribution in [2.75, 3.05) is 5.32 Å². The van der Waals surface area contributed by atoms with Gasteiger partial charge in [-0.15, -0.1) is 10.2 Å². The van der Waals surface area contributed by atoms with Crippen LogP contribution in [-0.2, 0) is 11.2 Å². The quantitative estimate of drug-likeness (QED) is 0.424. The molecule has 2 aromatic heterocycles. The van der Waals surface area contributed by atoms with Gasteiger partial charge in [0.05, 0.1) is 15.6 Å². The van der Waals surface area contributed by atoms with Gasteiger partial charge in [-0.2, -0.15) is 0 Å². The van der Waals surface area contributed by atoms with E-state index in [-0.39, 0.29) is 6.42 Å². The minimum Gasteiger partial charge on any atom is -0.481 e. The Morgan fingerprint density at radius 2 is 1.97 bits per heavy atom. The molecule has 0 unspecified atom stereocenters. The highest BCUT2D eigenvalue weighted by Gasteiger charge is 2.30. The zero-order valence-corrected chi connectivity index (χ0v) is 17.2. The van der Waals surface area contributed by atoms with Crippen molar-refractivity contribution in [1.82, 2.24) is 15.2 Å². The van der Waals surface area contributed by atoms with E-state index in [0.717, 1.165) is 26.6 Å². The molecule has 9 heteroatoms. The van der Waals surface area contributed by atoms with Crippen LogP contribution in [0.5, 0.6) is 0 Å². The fraction of sp³-hybridized carbons (Fsp3) is 0.200. The number of hydrogen-bond donors (Lipinski definition) is 2. The van der Waals surface area contributed by atoms with Crippen molar-refractivity contribution >= 4 is 49.9 Å². The van der Waals surface area contributed by atoms with Crippen LogP contribution in [0.2, 0.25) is 5.02 Å². The summed E-state index contributed by atoms with van der Waals surface area (Å²) in [5.74, 6) is -0.269. The van der Waals surface area contributed by atoms with Crippen molar-refractivity contribution in [2.45, 2.75) is 20.3 Å². The molecule has 2 heterocycles. The van der Waals surface area contributed by atoms with Crippen LogP contribution < -0.4 is 5.32 Å². The summed E-state index contributed by atoms with van der Waals surface area (Å²) in [4.78, 5) is 15.8. The maximum atomic E-state index is 11.3. The molecule has 0 saturated carbocycles. The van der Waals surface area contributed by atoms with Crippen LogP contribution in [0, 0.1) is 5.41 Å². The van der Waals surface area contributed by atoms with Crippen molar-refractivity contribution in [3.8, 4) is 11.5 Å². The predicted octanol–water partition coefficient (Wildman–Crippen LogP) is 5.40. The number of thiazole rings is 1. The molecule has 2 N–H and O–H groups in total. The average molecular weight is 429 g/mol. The number of fused-ring (bicyclic) bond motifs is 1. The number of nitrogens with zero attached hydrogens (tertiary/aromatic N) is 3. The van der Waals surface area contributed by atoms with E-state index in [1.54, 1.807) is 13.8 Å². The number of halogens is 1. The number of carboxylic acid groups (broad SMARTS) is 1. The van der Waals surface area contributed by atoms with E-state index >= 15 is 0 Å². The van der Waals surface area contributed by atoms with Crippen LogP contribution >= 0.6 is 22.9 Å². The lowest BCUT2D eigenvalue weighted by Crippen LogP contribution is -2.26. The molecule has 4 rings (SSSR count). The molecule has 0 atom stereocenters. The largest absolute Gasteiger partial charge is 0.481 e. The molecule has 0 fully saturated rings. The second-order valence-electron chi connectivity index (χ2n) is 7.20. The summed E-state index contributed by atoms with van der Waals surface area (Å²) >= 11 is 7.55. The van der Waals surface area contributed by atoms with Crippen LogP contribution in [0.15, 0.2) is 46.9 Å². The second-order valence-corrected chi connectivity index (χ2v) is 8.67. The Kier molecular flexibility index (Phi) is 4.97. The molecule has 0 radical (unpaired) electrons. The molecule has 0 bridgehead atoms. The molecule has 0 aliphatic rings. The Labute approximate surface area is 175 Å². The number of benzene rings is 2. The van der Waals surface area contributed by atoms with Crippen molar-refractivity contribution < 1.29 is 14.3 Å². The van der Waals surface area contributed by atoms with Crippen molar-refractivity contribution in [3.63, 3.8) is 0 Å². The molecule has 0 spiro atoms. The third-order valence-corrected chi connectivity index (χ3v) is 5.54. The second kappa shape index (κ2) is 7.46. The highest BCUT2D eigenvalue weighted by atomic mass is 35.5. The Bertz CT molecular complexity index is 1180. The summed E-state index contributed by atoms with van der Waals surface area (Å²) in [6.07, 6.45) is 0.163. The number of carboxylic acids is 1. The van der Waals surface area contributed by atoms with E-state index in [2.05, 4.69) is 20.5 Å². The third kappa shape index (κ3) is 4.23. The Hall–Kier alpha value is -2.97. The van der Waals surface area contributed by atoms with Gasteiger partial charge >= 0.3 is 5.97 Å². The fourth-order valence-electron chi connectivity index (χ4n) is 2.67. The summed E-state index contributed by atoms with van der Waals surface area (Å²) < 4.78 is 6.65. The summed E-state index contributed by atoms with van der Waals surface area (Å²) in [6.45, 7) is 3.24. The minimum absolute atomic E-state index is 0.163. The van der Waals surface area contributed by atoms with Crippen LogP contribution in [0.4, 0.5) is 10.8 Å². The Morgan fingerprint density at radius 3 is 2.69 bits per heavy atom. The molecule has 148 valence electrons. The topological polar surface area (TPSA) is 101 Å². The molecule has 7 nitrogen and oxygen atoms in total. The van der Waals surface area contributed by atoms with Gasteiger partial charge in [-0.25, -0.2) is 4.98 Å². The number of carbonyl (C=O) groups is 1. The summed E-state index contributed by atoms with van der Waals surface area (Å²) in [5, 5.41) is 22.0. The zero-order valence-electron chi connectivity index (χ0n) is 15.6. The third-order valence-electron chi connectivity index (χ3n) is 4.37. The molecule has 29 heavy (non-hydrogen) atoms. The number of nitrogens with one attached hydrogen (secondary N) is 1. The van der Waals surface area contributed by atoms with Crippen molar-refractivity contribution in [2.24, 2.45) is 5.41 Å². The molecule has 0 saturated heterocycles. The Morgan fingerprint density at radius 1 is 1.21 bits per heavy atom. The maximum Gasteiger partial charge on any atom is 0.309 e. The van der Waals surface area contributed by atoms with Gasteiger partial charge in [0.15, 0.2) is 5.13 Å². The van der Waals surface area contributed by atoms with E-state index in [1.807, 2.05) is 42.5 Å². The highest BCUT2D eigenvalue weighted by molar-refractivity contribution is 7.22. The molecule has 0 amide bonds. The smallest absolute Gasteiger partial charge is 0.309 e. The molecular weight excluding hydrogens is 412 g/mol.